The number of halogens is 1. The van der Waals surface area contributed by atoms with Crippen LogP contribution in [0.1, 0.15) is 10.5 Å². The van der Waals surface area contributed by atoms with Crippen LogP contribution in [0.4, 0.5) is 16.5 Å². The van der Waals surface area contributed by atoms with Crippen molar-refractivity contribution in [3.05, 3.63) is 53.6 Å². The predicted octanol–water partition coefficient (Wildman–Crippen LogP) is 3.87. The van der Waals surface area contributed by atoms with E-state index in [1.807, 2.05) is 12.1 Å². The van der Waals surface area contributed by atoms with Gasteiger partial charge in [0.25, 0.3) is 5.91 Å². The van der Waals surface area contributed by atoms with Crippen LogP contribution in [0.15, 0.2) is 42.9 Å². The molecule has 0 saturated carbocycles. The third-order valence-electron chi connectivity index (χ3n) is 4.83. The number of benzene rings is 1. The third kappa shape index (κ3) is 3.97. The quantitative estimate of drug-likeness (QED) is 0.332. The Hall–Kier alpha value is -4.03. The zero-order chi connectivity index (χ0) is 22.9. The molecule has 5 aromatic rings. The second kappa shape index (κ2) is 8.48. The maximum atomic E-state index is 12.6. The van der Waals surface area contributed by atoms with Crippen molar-refractivity contribution in [3.8, 4) is 17.3 Å². The number of hydrogen-bond acceptors (Lipinski definition) is 9. The maximum absolute atomic E-state index is 12.6. The summed E-state index contributed by atoms with van der Waals surface area (Å²) >= 11 is 7.65. The molecule has 0 atom stereocenters. The highest BCUT2D eigenvalue weighted by Crippen LogP contribution is 2.34. The molecule has 0 aliphatic carbocycles. The van der Waals surface area contributed by atoms with E-state index in [9.17, 15) is 4.79 Å². The molecular formula is C20H16ClN9O2S. The predicted molar refractivity (Wildman–Crippen MR) is 125 cm³/mol. The van der Waals surface area contributed by atoms with Gasteiger partial charge < -0.3 is 15.4 Å². The molecule has 0 aliphatic rings. The molecule has 0 bridgehead atoms. The van der Waals surface area contributed by atoms with Gasteiger partial charge in [0, 0.05) is 41.9 Å². The number of nitrogens with zero attached hydrogens (tertiary/aromatic N) is 6. The molecule has 5 rings (SSSR count). The van der Waals surface area contributed by atoms with E-state index in [1.165, 1.54) is 23.3 Å². The minimum Gasteiger partial charge on any atom is -0.480 e. The lowest BCUT2D eigenvalue weighted by Crippen LogP contribution is -2.17. The van der Waals surface area contributed by atoms with Gasteiger partial charge >= 0.3 is 0 Å². The molecule has 166 valence electrons. The lowest BCUT2D eigenvalue weighted by Gasteiger charge is -2.10. The molecule has 33 heavy (non-hydrogen) atoms. The zero-order valence-electron chi connectivity index (χ0n) is 17.3. The van der Waals surface area contributed by atoms with E-state index >= 15 is 0 Å². The maximum Gasteiger partial charge on any atom is 0.274 e. The second-order valence-electron chi connectivity index (χ2n) is 6.88. The number of amides is 1. The molecule has 0 fully saturated rings. The van der Waals surface area contributed by atoms with Crippen LogP contribution >= 0.6 is 23.1 Å². The average molecular weight is 482 g/mol. The number of carbonyl (C=O) groups is 1. The Bertz CT molecular complexity index is 1480. The monoisotopic (exact) mass is 481 g/mol. The number of aromatic nitrogens is 7. The minimum atomic E-state index is -0.342. The summed E-state index contributed by atoms with van der Waals surface area (Å²) in [5.41, 5.74) is 2.92. The molecule has 0 saturated heterocycles. The zero-order valence-corrected chi connectivity index (χ0v) is 18.9. The Balaban J connectivity index is 1.40. The number of fused-ring (bicyclic) bond motifs is 1. The summed E-state index contributed by atoms with van der Waals surface area (Å²) in [5, 5.41) is 18.8. The number of H-pyrrole nitrogens is 1. The summed E-state index contributed by atoms with van der Waals surface area (Å²) in [6, 6.07) is 7.04. The van der Waals surface area contributed by atoms with Gasteiger partial charge in [-0.15, -0.1) is 0 Å². The Morgan fingerprint density at radius 1 is 1.24 bits per heavy atom. The van der Waals surface area contributed by atoms with Gasteiger partial charge in [-0.2, -0.15) is 19.6 Å². The summed E-state index contributed by atoms with van der Waals surface area (Å²) in [6.45, 7) is 0. The summed E-state index contributed by atoms with van der Waals surface area (Å²) in [4.78, 5) is 21.4. The van der Waals surface area contributed by atoms with Gasteiger partial charge in [0.05, 0.1) is 29.5 Å². The molecule has 13 heteroatoms. The van der Waals surface area contributed by atoms with E-state index in [2.05, 4.69) is 40.3 Å². The minimum absolute atomic E-state index is 0.267. The fraction of sp³-hybridized carbons (Fsp3) is 0.100. The summed E-state index contributed by atoms with van der Waals surface area (Å²) in [5.74, 6) is 0.363. The van der Waals surface area contributed by atoms with Crippen LogP contribution in [0.25, 0.3) is 22.3 Å². The van der Waals surface area contributed by atoms with Crippen molar-refractivity contribution in [1.29, 1.82) is 0 Å². The van der Waals surface area contributed by atoms with E-state index in [0.29, 0.717) is 38.6 Å². The second-order valence-corrected chi connectivity index (χ2v) is 8.01. The summed E-state index contributed by atoms with van der Waals surface area (Å²) in [7, 11) is 3.16. The number of carbonyl (C=O) groups excluding carboxylic acids is 1. The number of methoxy groups -OCH3 is 1. The number of rotatable bonds is 6. The van der Waals surface area contributed by atoms with E-state index in [4.69, 9.17) is 16.3 Å². The molecule has 4 aromatic heterocycles. The van der Waals surface area contributed by atoms with Crippen molar-refractivity contribution < 1.29 is 9.53 Å². The van der Waals surface area contributed by atoms with Crippen LogP contribution in [-0.4, -0.2) is 47.3 Å². The van der Waals surface area contributed by atoms with E-state index in [-0.39, 0.29) is 11.8 Å². The third-order valence-corrected chi connectivity index (χ3v) is 5.87. The Morgan fingerprint density at radius 3 is 2.91 bits per heavy atom. The molecule has 0 radical (unpaired) electrons. The highest BCUT2D eigenvalue weighted by atomic mass is 35.5. The van der Waals surface area contributed by atoms with E-state index in [1.54, 1.807) is 37.8 Å². The number of aryl methyl sites for hydroxylation is 1. The van der Waals surface area contributed by atoms with Gasteiger partial charge in [0.15, 0.2) is 5.82 Å². The first kappa shape index (κ1) is 20.8. The summed E-state index contributed by atoms with van der Waals surface area (Å²) < 4.78 is 11.2. The van der Waals surface area contributed by atoms with E-state index < -0.39 is 0 Å². The van der Waals surface area contributed by atoms with Crippen LogP contribution in [0.3, 0.4) is 0 Å². The van der Waals surface area contributed by atoms with Gasteiger partial charge in [-0.05, 0) is 24.3 Å². The number of anilines is 3. The van der Waals surface area contributed by atoms with E-state index in [0.717, 1.165) is 10.9 Å². The molecule has 1 amide bonds. The first-order valence-corrected chi connectivity index (χ1v) is 10.7. The van der Waals surface area contributed by atoms with Crippen LogP contribution in [-0.2, 0) is 7.05 Å². The normalized spacial score (nSPS) is 11.0. The van der Waals surface area contributed by atoms with Crippen LogP contribution in [0, 0.1) is 0 Å². The van der Waals surface area contributed by atoms with Crippen molar-refractivity contribution in [2.75, 3.05) is 17.7 Å². The lowest BCUT2D eigenvalue weighted by molar-refractivity contribution is 0.101. The molecule has 11 nitrogen and oxygen atoms in total. The fourth-order valence-electron chi connectivity index (χ4n) is 3.20. The van der Waals surface area contributed by atoms with Crippen molar-refractivity contribution in [3.63, 3.8) is 0 Å². The number of aromatic amines is 1. The molecule has 3 N–H and O–H groups in total. The lowest BCUT2D eigenvalue weighted by atomic mass is 10.2. The van der Waals surface area contributed by atoms with Crippen molar-refractivity contribution in [2.24, 2.45) is 7.05 Å². The Labute approximate surface area is 196 Å². The molecule has 1 aromatic carbocycles. The number of ether oxygens (including phenoxy) is 1. The standard InChI is InChI=1S/C20H16ClN9O2S/c1-30-15(5-6-24-30)18(31)25-14-7-10(8-22-19(14)32-2)17-27-20(33-29-17)26-13-4-3-12-11(16(13)21)9-23-28-12/h3-9H,1-2H3,(H,23,28)(H,25,31)(H,26,27,29). The van der Waals surface area contributed by atoms with Gasteiger partial charge in [0.2, 0.25) is 11.0 Å². The van der Waals surface area contributed by atoms with Gasteiger partial charge in [0.1, 0.15) is 11.4 Å². The number of pyridine rings is 1. The van der Waals surface area contributed by atoms with Crippen LogP contribution < -0.4 is 15.4 Å². The average Bonchev–Trinajstić information content (AvgIpc) is 3.57. The SMILES string of the molecule is COc1ncc(-c2nsc(Nc3ccc4[nH]ncc4c3Cl)n2)cc1NC(=O)c1ccnn1C. The molecular weight excluding hydrogens is 466 g/mol. The van der Waals surface area contributed by atoms with Gasteiger partial charge in [-0.25, -0.2) is 4.98 Å². The number of nitrogens with one attached hydrogen (secondary N) is 3. The largest absolute Gasteiger partial charge is 0.480 e. The highest BCUT2D eigenvalue weighted by Gasteiger charge is 2.17. The molecule has 0 aliphatic heterocycles. The van der Waals surface area contributed by atoms with Crippen LogP contribution in [0.2, 0.25) is 5.02 Å². The number of hydrogen-bond donors (Lipinski definition) is 3. The van der Waals surface area contributed by atoms with Crippen LogP contribution in [0.5, 0.6) is 5.88 Å². The first-order valence-electron chi connectivity index (χ1n) is 9.59. The Kier molecular flexibility index (Phi) is 5.36. The van der Waals surface area contributed by atoms with Gasteiger partial charge in [-0.1, -0.05) is 11.6 Å². The van der Waals surface area contributed by atoms with Gasteiger partial charge in [-0.3, -0.25) is 14.6 Å². The summed E-state index contributed by atoms with van der Waals surface area (Å²) in [6.07, 6.45) is 4.79. The first-order chi connectivity index (χ1) is 16.0. The Morgan fingerprint density at radius 2 is 2.12 bits per heavy atom. The smallest absolute Gasteiger partial charge is 0.274 e. The highest BCUT2D eigenvalue weighted by molar-refractivity contribution is 7.10. The molecule has 0 spiro atoms. The topological polar surface area (TPSA) is 136 Å². The molecule has 0 unspecified atom stereocenters. The van der Waals surface area contributed by atoms with Crippen molar-refractivity contribution in [1.82, 2.24) is 34.3 Å². The molecule has 4 heterocycles. The van der Waals surface area contributed by atoms with Crippen molar-refractivity contribution in [2.45, 2.75) is 0 Å². The van der Waals surface area contributed by atoms with Crippen molar-refractivity contribution >= 4 is 56.4 Å². The fourth-order valence-corrected chi connectivity index (χ4v) is 4.06.